The number of carbonyl (C=O) groups is 2. The Hall–Kier alpha value is -1.95. The molecule has 1 heterocycles. The van der Waals surface area contributed by atoms with Gasteiger partial charge in [0.2, 0.25) is 5.91 Å². The number of benzene rings is 1. The molecule has 0 aliphatic rings. The third-order valence-electron chi connectivity index (χ3n) is 2.88. The summed E-state index contributed by atoms with van der Waals surface area (Å²) in [4.78, 5) is 23.4. The van der Waals surface area contributed by atoms with Crippen molar-refractivity contribution in [2.45, 2.75) is 19.9 Å². The van der Waals surface area contributed by atoms with Crippen LogP contribution in [0.15, 0.2) is 18.2 Å². The molecule has 2 rings (SSSR count). The highest BCUT2D eigenvalue weighted by atomic mass is 32.1. The van der Waals surface area contributed by atoms with Crippen molar-refractivity contribution >= 4 is 33.2 Å². The topological polar surface area (TPSA) is 72.2 Å². The molecular weight excluding hydrogens is 267 g/mol. The number of thiophene rings is 1. The number of carbonyl (C=O) groups excluding carboxylic acids is 2. The van der Waals surface area contributed by atoms with Gasteiger partial charge < -0.3 is 11.1 Å². The largest absolute Gasteiger partial charge is 0.368 e. The maximum atomic E-state index is 13.7. The van der Waals surface area contributed by atoms with Crippen LogP contribution in [0.2, 0.25) is 0 Å². The van der Waals surface area contributed by atoms with Gasteiger partial charge in [0.1, 0.15) is 11.9 Å². The molecule has 2 aromatic rings. The smallest absolute Gasteiger partial charge is 0.262 e. The Morgan fingerprint density at radius 2 is 2.11 bits per heavy atom. The van der Waals surface area contributed by atoms with Crippen LogP contribution in [-0.4, -0.2) is 17.9 Å². The van der Waals surface area contributed by atoms with Crippen LogP contribution in [0.5, 0.6) is 0 Å². The fourth-order valence-corrected chi connectivity index (χ4v) is 2.93. The Bertz CT molecular complexity index is 666. The van der Waals surface area contributed by atoms with Gasteiger partial charge in [-0.15, -0.1) is 11.3 Å². The van der Waals surface area contributed by atoms with Gasteiger partial charge in [-0.3, -0.25) is 9.59 Å². The average Bonchev–Trinajstić information content (AvgIpc) is 2.68. The first-order chi connectivity index (χ1) is 8.91. The van der Waals surface area contributed by atoms with E-state index in [4.69, 9.17) is 5.73 Å². The number of aryl methyl sites for hydroxylation is 1. The molecule has 3 N–H and O–H groups in total. The minimum Gasteiger partial charge on any atom is -0.368 e. The van der Waals surface area contributed by atoms with Crippen molar-refractivity contribution in [2.75, 3.05) is 0 Å². The minimum atomic E-state index is -0.762. The van der Waals surface area contributed by atoms with Gasteiger partial charge in [-0.05, 0) is 31.5 Å². The first-order valence-corrected chi connectivity index (χ1v) is 6.51. The minimum absolute atomic E-state index is 0.353. The van der Waals surface area contributed by atoms with Crippen LogP contribution >= 0.6 is 11.3 Å². The molecule has 0 saturated heterocycles. The summed E-state index contributed by atoms with van der Waals surface area (Å²) < 4.78 is 14.4. The number of nitrogens with one attached hydrogen (secondary N) is 1. The summed E-state index contributed by atoms with van der Waals surface area (Å²) in [5, 5.41) is 2.94. The van der Waals surface area contributed by atoms with Crippen LogP contribution < -0.4 is 11.1 Å². The summed E-state index contributed by atoms with van der Waals surface area (Å²) in [6, 6.07) is 3.95. The third-order valence-corrected chi connectivity index (χ3v) is 4.14. The van der Waals surface area contributed by atoms with E-state index in [1.54, 1.807) is 19.1 Å². The molecule has 1 atom stereocenters. The molecule has 0 fully saturated rings. The SMILES string of the molecule is Cc1c(C(=O)N[C@@H](C)C(N)=O)sc2cccc(F)c12. The van der Waals surface area contributed by atoms with Crippen LogP contribution in [0, 0.1) is 12.7 Å². The molecule has 6 heteroatoms. The lowest BCUT2D eigenvalue weighted by Crippen LogP contribution is -2.42. The predicted octanol–water partition coefficient (Wildman–Crippen LogP) is 1.95. The van der Waals surface area contributed by atoms with E-state index < -0.39 is 17.9 Å². The van der Waals surface area contributed by atoms with Gasteiger partial charge in [0.15, 0.2) is 0 Å². The average molecular weight is 280 g/mol. The zero-order valence-corrected chi connectivity index (χ0v) is 11.3. The Kier molecular flexibility index (Phi) is 3.53. The Morgan fingerprint density at radius 3 is 2.68 bits per heavy atom. The molecular formula is C13H13FN2O2S. The van der Waals surface area contributed by atoms with Crippen molar-refractivity contribution < 1.29 is 14.0 Å². The molecule has 0 aliphatic carbocycles. The normalized spacial score (nSPS) is 12.4. The van der Waals surface area contributed by atoms with Gasteiger partial charge in [-0.2, -0.15) is 0 Å². The van der Waals surface area contributed by atoms with Crippen molar-refractivity contribution in [3.05, 3.63) is 34.5 Å². The molecule has 0 saturated carbocycles. The molecule has 4 nitrogen and oxygen atoms in total. The molecule has 0 spiro atoms. The van der Waals surface area contributed by atoms with Crippen LogP contribution in [0.3, 0.4) is 0 Å². The summed E-state index contributed by atoms with van der Waals surface area (Å²) in [6.07, 6.45) is 0. The molecule has 0 aliphatic heterocycles. The highest BCUT2D eigenvalue weighted by Gasteiger charge is 2.20. The maximum absolute atomic E-state index is 13.7. The van der Waals surface area contributed by atoms with Crippen molar-refractivity contribution in [1.82, 2.24) is 5.32 Å². The number of hydrogen-bond donors (Lipinski definition) is 2. The van der Waals surface area contributed by atoms with E-state index in [-0.39, 0.29) is 5.82 Å². The molecule has 0 bridgehead atoms. The molecule has 0 unspecified atom stereocenters. The second kappa shape index (κ2) is 4.97. The van der Waals surface area contributed by atoms with Crippen LogP contribution in [0.1, 0.15) is 22.2 Å². The third kappa shape index (κ3) is 2.44. The van der Waals surface area contributed by atoms with Crippen LogP contribution in [0.25, 0.3) is 10.1 Å². The van der Waals surface area contributed by atoms with Crippen molar-refractivity contribution in [2.24, 2.45) is 5.73 Å². The molecule has 19 heavy (non-hydrogen) atoms. The number of halogens is 1. The second-order valence-corrected chi connectivity index (χ2v) is 5.32. The number of nitrogens with two attached hydrogens (primary N) is 1. The van der Waals surface area contributed by atoms with E-state index in [1.165, 1.54) is 24.3 Å². The fourth-order valence-electron chi connectivity index (χ4n) is 1.80. The van der Waals surface area contributed by atoms with E-state index in [0.29, 0.717) is 20.5 Å². The Labute approximate surface area is 113 Å². The van der Waals surface area contributed by atoms with Crippen LogP contribution in [-0.2, 0) is 4.79 Å². The van der Waals surface area contributed by atoms with Gasteiger partial charge in [0, 0.05) is 10.1 Å². The van der Waals surface area contributed by atoms with Crippen LogP contribution in [0.4, 0.5) is 4.39 Å². The van der Waals surface area contributed by atoms with Crippen molar-refractivity contribution in [1.29, 1.82) is 0 Å². The van der Waals surface area contributed by atoms with Crippen molar-refractivity contribution in [3.8, 4) is 0 Å². The van der Waals surface area contributed by atoms with E-state index in [1.807, 2.05) is 0 Å². The lowest BCUT2D eigenvalue weighted by molar-refractivity contribution is -0.119. The Morgan fingerprint density at radius 1 is 1.42 bits per heavy atom. The number of rotatable bonds is 3. The molecule has 100 valence electrons. The quantitative estimate of drug-likeness (QED) is 0.902. The lowest BCUT2D eigenvalue weighted by atomic mass is 10.1. The fraction of sp³-hybridized carbons (Fsp3) is 0.231. The summed E-state index contributed by atoms with van der Waals surface area (Å²) >= 11 is 1.20. The van der Waals surface area contributed by atoms with Gasteiger partial charge in [0.25, 0.3) is 5.91 Å². The highest BCUT2D eigenvalue weighted by Crippen LogP contribution is 2.32. The number of primary amides is 1. The maximum Gasteiger partial charge on any atom is 0.262 e. The van der Waals surface area contributed by atoms with E-state index in [9.17, 15) is 14.0 Å². The van der Waals surface area contributed by atoms with E-state index in [2.05, 4.69) is 5.32 Å². The molecule has 1 aromatic heterocycles. The standard InChI is InChI=1S/C13H13FN2O2S/c1-6-10-8(14)4-3-5-9(10)19-11(6)13(18)16-7(2)12(15)17/h3-5,7H,1-2H3,(H2,15,17)(H,16,18)/t7-/m0/s1. The van der Waals surface area contributed by atoms with E-state index >= 15 is 0 Å². The number of amides is 2. The van der Waals surface area contributed by atoms with Gasteiger partial charge in [-0.25, -0.2) is 4.39 Å². The zero-order valence-electron chi connectivity index (χ0n) is 10.5. The monoisotopic (exact) mass is 280 g/mol. The van der Waals surface area contributed by atoms with Crippen molar-refractivity contribution in [3.63, 3.8) is 0 Å². The zero-order chi connectivity index (χ0) is 14.2. The highest BCUT2D eigenvalue weighted by molar-refractivity contribution is 7.21. The number of hydrogen-bond acceptors (Lipinski definition) is 3. The number of fused-ring (bicyclic) bond motifs is 1. The van der Waals surface area contributed by atoms with E-state index in [0.717, 1.165) is 0 Å². The first-order valence-electron chi connectivity index (χ1n) is 5.69. The second-order valence-electron chi connectivity index (χ2n) is 4.27. The summed E-state index contributed by atoms with van der Waals surface area (Å²) in [6.45, 7) is 3.19. The summed E-state index contributed by atoms with van der Waals surface area (Å²) in [5.41, 5.74) is 5.67. The molecule has 2 amide bonds. The predicted molar refractivity (Wildman–Crippen MR) is 72.6 cm³/mol. The van der Waals surface area contributed by atoms with Gasteiger partial charge in [-0.1, -0.05) is 6.07 Å². The molecule has 0 radical (unpaired) electrons. The first kappa shape index (κ1) is 13.5. The van der Waals surface area contributed by atoms with Gasteiger partial charge in [0.05, 0.1) is 4.88 Å². The van der Waals surface area contributed by atoms with Gasteiger partial charge >= 0.3 is 0 Å². The lowest BCUT2D eigenvalue weighted by Gasteiger charge is -2.09. The summed E-state index contributed by atoms with van der Waals surface area (Å²) in [5.74, 6) is -1.38. The summed E-state index contributed by atoms with van der Waals surface area (Å²) in [7, 11) is 0. The Balaban J connectivity index is 2.41. The molecule has 1 aromatic carbocycles.